The number of benzene rings is 1. The van der Waals surface area contributed by atoms with E-state index < -0.39 is 11.7 Å². The predicted octanol–water partition coefficient (Wildman–Crippen LogP) is 2.90. The molecule has 0 spiro atoms. The third kappa shape index (κ3) is 8.31. The van der Waals surface area contributed by atoms with E-state index in [-0.39, 0.29) is 37.2 Å². The van der Waals surface area contributed by atoms with Crippen molar-refractivity contribution in [3.8, 4) is 0 Å². The third-order valence-electron chi connectivity index (χ3n) is 4.53. The molecule has 0 unspecified atom stereocenters. The van der Waals surface area contributed by atoms with Crippen LogP contribution in [0.4, 0.5) is 4.79 Å². The maximum absolute atomic E-state index is 12.5. The average molecular weight is 424 g/mol. The predicted molar refractivity (Wildman–Crippen MR) is 112 cm³/mol. The maximum Gasteiger partial charge on any atom is 0.407 e. The highest BCUT2D eigenvalue weighted by Gasteiger charge is 2.24. The highest BCUT2D eigenvalue weighted by atomic mass is 35.5. The molecule has 0 bridgehead atoms. The molecule has 1 aliphatic rings. The smallest absolute Gasteiger partial charge is 0.407 e. The second kappa shape index (κ2) is 10.5. The summed E-state index contributed by atoms with van der Waals surface area (Å²) in [5, 5.41) is 6.14. The van der Waals surface area contributed by atoms with Gasteiger partial charge in [-0.2, -0.15) is 0 Å². The van der Waals surface area contributed by atoms with E-state index in [1.807, 2.05) is 23.1 Å². The molecule has 1 aromatic rings. The van der Waals surface area contributed by atoms with Crippen LogP contribution in [0.3, 0.4) is 0 Å². The average Bonchev–Trinajstić information content (AvgIpc) is 2.62. The summed E-state index contributed by atoms with van der Waals surface area (Å²) in [6.45, 7) is 6.77. The fourth-order valence-corrected chi connectivity index (χ4v) is 3.28. The van der Waals surface area contributed by atoms with Gasteiger partial charge >= 0.3 is 6.09 Å². The summed E-state index contributed by atoms with van der Waals surface area (Å²) < 4.78 is 5.13. The highest BCUT2D eigenvalue weighted by molar-refractivity contribution is 6.31. The van der Waals surface area contributed by atoms with Gasteiger partial charge in [-0.25, -0.2) is 4.79 Å². The molecule has 2 rings (SSSR count). The molecule has 2 N–H and O–H groups in total. The van der Waals surface area contributed by atoms with Crippen molar-refractivity contribution in [1.82, 2.24) is 15.5 Å². The number of nitrogens with zero attached hydrogens (tertiary/aromatic N) is 1. The van der Waals surface area contributed by atoms with Crippen LogP contribution < -0.4 is 10.6 Å². The molecular weight excluding hydrogens is 394 g/mol. The minimum atomic E-state index is -0.566. The Labute approximate surface area is 177 Å². The number of nitrogens with one attached hydrogen (secondary N) is 2. The van der Waals surface area contributed by atoms with Crippen LogP contribution in [-0.4, -0.2) is 54.1 Å². The molecule has 3 amide bonds. The van der Waals surface area contributed by atoms with Crippen molar-refractivity contribution in [2.24, 2.45) is 0 Å². The van der Waals surface area contributed by atoms with E-state index in [4.69, 9.17) is 16.3 Å². The molecule has 29 heavy (non-hydrogen) atoms. The van der Waals surface area contributed by atoms with Gasteiger partial charge < -0.3 is 20.3 Å². The summed E-state index contributed by atoms with van der Waals surface area (Å²) in [5.41, 5.74) is 0.260. The number of rotatable bonds is 6. The monoisotopic (exact) mass is 423 g/mol. The van der Waals surface area contributed by atoms with Gasteiger partial charge in [0.25, 0.3) is 0 Å². The third-order valence-corrected chi connectivity index (χ3v) is 4.90. The minimum Gasteiger partial charge on any atom is -0.444 e. The van der Waals surface area contributed by atoms with E-state index >= 15 is 0 Å². The Bertz CT molecular complexity index is 725. The lowest BCUT2D eigenvalue weighted by molar-refractivity contribution is -0.131. The minimum absolute atomic E-state index is 0.0355. The summed E-state index contributed by atoms with van der Waals surface area (Å²) in [4.78, 5) is 37.9. The van der Waals surface area contributed by atoms with Gasteiger partial charge in [-0.1, -0.05) is 29.8 Å². The van der Waals surface area contributed by atoms with Gasteiger partial charge in [0.15, 0.2) is 0 Å². The van der Waals surface area contributed by atoms with Crippen molar-refractivity contribution < 1.29 is 19.1 Å². The Hall–Kier alpha value is -2.28. The van der Waals surface area contributed by atoms with E-state index in [1.54, 1.807) is 26.8 Å². The molecule has 0 aromatic heterocycles. The number of alkyl carbamates (subject to hydrolysis) is 1. The molecule has 1 aromatic carbocycles. The van der Waals surface area contributed by atoms with E-state index in [9.17, 15) is 14.4 Å². The van der Waals surface area contributed by atoms with Gasteiger partial charge in [-0.3, -0.25) is 9.59 Å². The van der Waals surface area contributed by atoms with E-state index in [0.29, 0.717) is 31.0 Å². The van der Waals surface area contributed by atoms with Gasteiger partial charge in [0, 0.05) is 37.1 Å². The van der Waals surface area contributed by atoms with Crippen LogP contribution in [0.15, 0.2) is 24.3 Å². The molecule has 0 saturated carbocycles. The molecular formula is C21H30ClN3O4. The zero-order valence-electron chi connectivity index (χ0n) is 17.3. The van der Waals surface area contributed by atoms with Crippen molar-refractivity contribution in [2.75, 3.05) is 19.6 Å². The summed E-state index contributed by atoms with van der Waals surface area (Å²) in [5.74, 6) is -0.0775. The van der Waals surface area contributed by atoms with Crippen molar-refractivity contribution >= 4 is 29.5 Å². The lowest BCUT2D eigenvalue weighted by Crippen LogP contribution is -2.47. The number of ether oxygens (including phenoxy) is 1. The van der Waals surface area contributed by atoms with Crippen molar-refractivity contribution in [3.63, 3.8) is 0 Å². The Balaban J connectivity index is 1.66. The van der Waals surface area contributed by atoms with Crippen molar-refractivity contribution in [2.45, 2.75) is 58.1 Å². The Morgan fingerprint density at radius 2 is 1.83 bits per heavy atom. The molecule has 160 valence electrons. The SMILES string of the molecule is CC(C)(C)OC(=O)NCCC(=O)NC1CCN(C(=O)Cc2ccccc2Cl)CC1. The molecule has 7 nitrogen and oxygen atoms in total. The van der Waals surface area contributed by atoms with Gasteiger partial charge in [-0.15, -0.1) is 0 Å². The van der Waals surface area contributed by atoms with Crippen LogP contribution >= 0.6 is 11.6 Å². The number of piperidine rings is 1. The summed E-state index contributed by atoms with van der Waals surface area (Å²) in [6, 6.07) is 7.39. The Kier molecular flexibility index (Phi) is 8.32. The maximum atomic E-state index is 12.5. The Morgan fingerprint density at radius 1 is 1.17 bits per heavy atom. The second-order valence-corrected chi connectivity index (χ2v) is 8.58. The number of hydrogen-bond donors (Lipinski definition) is 2. The van der Waals surface area contributed by atoms with Crippen LogP contribution in [0.25, 0.3) is 0 Å². The topological polar surface area (TPSA) is 87.7 Å². The standard InChI is InChI=1S/C21H30ClN3O4/c1-21(2,3)29-20(28)23-11-8-18(26)24-16-9-12-25(13-10-16)19(27)14-15-6-4-5-7-17(15)22/h4-7,16H,8-14H2,1-3H3,(H,23,28)(H,24,26). The Morgan fingerprint density at radius 3 is 2.45 bits per heavy atom. The van der Waals surface area contributed by atoms with Gasteiger partial charge in [0.1, 0.15) is 5.60 Å². The molecule has 1 saturated heterocycles. The fourth-order valence-electron chi connectivity index (χ4n) is 3.08. The number of hydrogen-bond acceptors (Lipinski definition) is 4. The molecule has 0 atom stereocenters. The van der Waals surface area contributed by atoms with Crippen LogP contribution in [0.1, 0.15) is 45.6 Å². The summed E-state index contributed by atoms with van der Waals surface area (Å²) in [7, 11) is 0. The highest BCUT2D eigenvalue weighted by Crippen LogP contribution is 2.18. The van der Waals surface area contributed by atoms with Crippen LogP contribution in [-0.2, 0) is 20.7 Å². The van der Waals surface area contributed by atoms with Gasteiger partial charge in [0.2, 0.25) is 11.8 Å². The zero-order chi connectivity index (χ0) is 21.4. The first-order valence-corrected chi connectivity index (χ1v) is 10.3. The molecule has 1 heterocycles. The molecule has 8 heteroatoms. The van der Waals surface area contributed by atoms with Crippen LogP contribution in [0, 0.1) is 0 Å². The van der Waals surface area contributed by atoms with Crippen LogP contribution in [0.5, 0.6) is 0 Å². The molecule has 0 radical (unpaired) electrons. The molecule has 1 fully saturated rings. The number of amides is 3. The van der Waals surface area contributed by atoms with E-state index in [1.165, 1.54) is 0 Å². The number of likely N-dealkylation sites (tertiary alicyclic amines) is 1. The quantitative estimate of drug-likeness (QED) is 0.736. The number of halogens is 1. The second-order valence-electron chi connectivity index (χ2n) is 8.17. The zero-order valence-corrected chi connectivity index (χ0v) is 18.1. The normalized spacial score (nSPS) is 15.0. The number of carbonyl (C=O) groups is 3. The van der Waals surface area contributed by atoms with E-state index in [0.717, 1.165) is 5.56 Å². The van der Waals surface area contributed by atoms with Crippen molar-refractivity contribution in [1.29, 1.82) is 0 Å². The lowest BCUT2D eigenvalue weighted by atomic mass is 10.0. The van der Waals surface area contributed by atoms with Gasteiger partial charge in [0.05, 0.1) is 6.42 Å². The summed E-state index contributed by atoms with van der Waals surface area (Å²) in [6.07, 6.45) is 1.35. The van der Waals surface area contributed by atoms with E-state index in [2.05, 4.69) is 10.6 Å². The molecule has 0 aliphatic carbocycles. The first kappa shape index (κ1) is 23.0. The van der Waals surface area contributed by atoms with Crippen molar-refractivity contribution in [3.05, 3.63) is 34.9 Å². The lowest BCUT2D eigenvalue weighted by Gasteiger charge is -2.32. The molecule has 1 aliphatic heterocycles. The fraction of sp³-hybridized carbons (Fsp3) is 0.571. The van der Waals surface area contributed by atoms with Crippen LogP contribution in [0.2, 0.25) is 5.02 Å². The first-order chi connectivity index (χ1) is 13.6. The largest absolute Gasteiger partial charge is 0.444 e. The van der Waals surface area contributed by atoms with Gasteiger partial charge in [-0.05, 0) is 45.2 Å². The number of carbonyl (C=O) groups excluding carboxylic acids is 3. The first-order valence-electron chi connectivity index (χ1n) is 9.91. The summed E-state index contributed by atoms with van der Waals surface area (Å²) >= 11 is 6.13.